The molecule has 1 aromatic heterocycles. The van der Waals surface area contributed by atoms with E-state index in [9.17, 15) is 0 Å². The fraction of sp³-hybridized carbons (Fsp3) is 0.750. The molecule has 0 N–H and O–H groups in total. The van der Waals surface area contributed by atoms with Gasteiger partial charge in [-0.1, -0.05) is 25.7 Å². The third-order valence-electron chi connectivity index (χ3n) is 3.46. The van der Waals surface area contributed by atoms with Gasteiger partial charge < -0.3 is 0 Å². The first-order valence-corrected chi connectivity index (χ1v) is 6.45. The molecule has 0 spiro atoms. The predicted octanol–water partition coefficient (Wildman–Crippen LogP) is 3.83. The van der Waals surface area contributed by atoms with Crippen LogP contribution in [0.1, 0.15) is 55.8 Å². The van der Waals surface area contributed by atoms with E-state index in [1.54, 1.807) is 0 Å². The third kappa shape index (κ3) is 2.36. The molecule has 0 amide bonds. The first-order valence-electron chi connectivity index (χ1n) is 5.92. The molecule has 0 bridgehead atoms. The van der Waals surface area contributed by atoms with E-state index in [2.05, 4.69) is 16.7 Å². The average Bonchev–Trinajstić information content (AvgIpc) is 2.49. The Hall–Kier alpha value is -0.500. The fourth-order valence-electron chi connectivity index (χ4n) is 2.46. The minimum Gasteiger partial charge on any atom is -0.267 e. The summed E-state index contributed by atoms with van der Waals surface area (Å²) >= 11 is 5.86. The maximum atomic E-state index is 5.86. The smallest absolute Gasteiger partial charge is 0.0536 e. The van der Waals surface area contributed by atoms with E-state index >= 15 is 0 Å². The van der Waals surface area contributed by atoms with E-state index in [0.29, 0.717) is 11.9 Å². The van der Waals surface area contributed by atoms with Crippen molar-refractivity contribution in [3.05, 3.63) is 17.5 Å². The monoisotopic (exact) mass is 226 g/mol. The standard InChI is InChI=1S/C12H19ClN2/c1-10-11(8-13)9-14-15(10)12-6-4-2-3-5-7-12/h9,12H,2-8H2,1H3. The zero-order valence-corrected chi connectivity index (χ0v) is 10.1. The number of aromatic nitrogens is 2. The molecule has 1 heterocycles. The van der Waals surface area contributed by atoms with Crippen LogP contribution in [-0.2, 0) is 5.88 Å². The summed E-state index contributed by atoms with van der Waals surface area (Å²) in [5, 5.41) is 4.48. The minimum absolute atomic E-state index is 0.582. The number of hydrogen-bond acceptors (Lipinski definition) is 1. The maximum Gasteiger partial charge on any atom is 0.0536 e. The number of hydrogen-bond donors (Lipinski definition) is 0. The molecule has 0 unspecified atom stereocenters. The van der Waals surface area contributed by atoms with Crippen LogP contribution < -0.4 is 0 Å². The van der Waals surface area contributed by atoms with Crippen LogP contribution in [0.4, 0.5) is 0 Å². The summed E-state index contributed by atoms with van der Waals surface area (Å²) in [6.45, 7) is 2.13. The van der Waals surface area contributed by atoms with Crippen molar-refractivity contribution < 1.29 is 0 Å². The van der Waals surface area contributed by atoms with Gasteiger partial charge in [0.05, 0.1) is 18.1 Å². The lowest BCUT2D eigenvalue weighted by Gasteiger charge is -2.16. The molecular formula is C12H19ClN2. The van der Waals surface area contributed by atoms with Crippen LogP contribution in [0.3, 0.4) is 0 Å². The van der Waals surface area contributed by atoms with Crippen LogP contribution in [0.5, 0.6) is 0 Å². The Morgan fingerprint density at radius 1 is 1.33 bits per heavy atom. The van der Waals surface area contributed by atoms with Crippen molar-refractivity contribution in [3.8, 4) is 0 Å². The minimum atomic E-state index is 0.582. The molecule has 1 saturated carbocycles. The van der Waals surface area contributed by atoms with Gasteiger partial charge in [-0.25, -0.2) is 0 Å². The molecule has 0 aliphatic heterocycles. The Balaban J connectivity index is 2.16. The molecule has 0 saturated heterocycles. The van der Waals surface area contributed by atoms with Gasteiger partial charge in [0.2, 0.25) is 0 Å². The van der Waals surface area contributed by atoms with Crippen molar-refractivity contribution in [1.82, 2.24) is 9.78 Å². The molecule has 1 aliphatic carbocycles. The molecule has 0 atom stereocenters. The van der Waals surface area contributed by atoms with Gasteiger partial charge in [-0.2, -0.15) is 5.10 Å². The Morgan fingerprint density at radius 3 is 2.53 bits per heavy atom. The summed E-state index contributed by atoms with van der Waals surface area (Å²) < 4.78 is 2.20. The lowest BCUT2D eigenvalue weighted by molar-refractivity contribution is 0.398. The molecule has 3 heteroatoms. The molecule has 0 aromatic carbocycles. The number of halogens is 1. The highest BCUT2D eigenvalue weighted by Gasteiger charge is 2.17. The molecule has 1 aliphatic rings. The summed E-state index contributed by atoms with van der Waals surface area (Å²) in [6, 6.07) is 0.615. The summed E-state index contributed by atoms with van der Waals surface area (Å²) in [7, 11) is 0. The largest absolute Gasteiger partial charge is 0.267 e. The number of nitrogens with zero attached hydrogens (tertiary/aromatic N) is 2. The molecule has 2 rings (SSSR count). The first-order chi connectivity index (χ1) is 7.33. The van der Waals surface area contributed by atoms with E-state index < -0.39 is 0 Å². The van der Waals surface area contributed by atoms with Crippen LogP contribution >= 0.6 is 11.6 Å². The second-order valence-electron chi connectivity index (χ2n) is 4.48. The van der Waals surface area contributed by atoms with Crippen LogP contribution in [0.15, 0.2) is 6.20 Å². The number of rotatable bonds is 2. The summed E-state index contributed by atoms with van der Waals surface area (Å²) in [5.74, 6) is 0.582. The van der Waals surface area contributed by atoms with E-state index in [-0.39, 0.29) is 0 Å². The quantitative estimate of drug-likeness (QED) is 0.554. The van der Waals surface area contributed by atoms with Crippen molar-refractivity contribution in [1.29, 1.82) is 0 Å². The Bertz CT molecular complexity index is 311. The lowest BCUT2D eigenvalue weighted by Crippen LogP contribution is -2.11. The zero-order valence-electron chi connectivity index (χ0n) is 9.38. The van der Waals surface area contributed by atoms with Crippen molar-refractivity contribution in [3.63, 3.8) is 0 Å². The van der Waals surface area contributed by atoms with Crippen LogP contribution in [0.2, 0.25) is 0 Å². The average molecular weight is 227 g/mol. The van der Waals surface area contributed by atoms with Gasteiger partial charge in [0, 0.05) is 11.3 Å². The van der Waals surface area contributed by atoms with Crippen molar-refractivity contribution >= 4 is 11.6 Å². The Kier molecular flexibility index (Phi) is 3.68. The highest BCUT2D eigenvalue weighted by Crippen LogP contribution is 2.28. The van der Waals surface area contributed by atoms with Crippen molar-refractivity contribution in [2.75, 3.05) is 0 Å². The second-order valence-corrected chi connectivity index (χ2v) is 4.75. The second kappa shape index (κ2) is 5.02. The molecule has 1 aromatic rings. The van der Waals surface area contributed by atoms with E-state index in [1.807, 2.05) is 6.20 Å². The third-order valence-corrected chi connectivity index (χ3v) is 3.75. The first kappa shape index (κ1) is 11.0. The molecule has 2 nitrogen and oxygen atoms in total. The highest BCUT2D eigenvalue weighted by atomic mass is 35.5. The summed E-state index contributed by atoms with van der Waals surface area (Å²) in [6.07, 6.45) is 9.96. The van der Waals surface area contributed by atoms with E-state index in [0.717, 1.165) is 0 Å². The molecule has 15 heavy (non-hydrogen) atoms. The van der Waals surface area contributed by atoms with Gasteiger partial charge in [-0.3, -0.25) is 4.68 Å². The van der Waals surface area contributed by atoms with Gasteiger partial charge in [0.15, 0.2) is 0 Å². The molecular weight excluding hydrogens is 208 g/mol. The van der Waals surface area contributed by atoms with Crippen LogP contribution in [0, 0.1) is 6.92 Å². The van der Waals surface area contributed by atoms with E-state index in [1.165, 1.54) is 49.8 Å². The lowest BCUT2D eigenvalue weighted by atomic mass is 10.1. The summed E-state index contributed by atoms with van der Waals surface area (Å²) in [5.41, 5.74) is 2.44. The molecule has 84 valence electrons. The van der Waals surface area contributed by atoms with Gasteiger partial charge in [0.25, 0.3) is 0 Å². The van der Waals surface area contributed by atoms with Gasteiger partial charge in [-0.15, -0.1) is 11.6 Å². The molecule has 0 radical (unpaired) electrons. The Morgan fingerprint density at radius 2 is 2.00 bits per heavy atom. The van der Waals surface area contributed by atoms with Crippen LogP contribution in [0.25, 0.3) is 0 Å². The molecule has 1 fully saturated rings. The SMILES string of the molecule is Cc1c(CCl)cnn1C1CCCCCC1. The normalized spacial score (nSPS) is 19.1. The van der Waals surface area contributed by atoms with Crippen molar-refractivity contribution in [2.45, 2.75) is 57.4 Å². The number of alkyl halides is 1. The van der Waals surface area contributed by atoms with Crippen LogP contribution in [-0.4, -0.2) is 9.78 Å². The zero-order chi connectivity index (χ0) is 10.7. The predicted molar refractivity (Wildman–Crippen MR) is 63.3 cm³/mol. The van der Waals surface area contributed by atoms with Gasteiger partial charge >= 0.3 is 0 Å². The maximum absolute atomic E-state index is 5.86. The highest BCUT2D eigenvalue weighted by molar-refractivity contribution is 6.17. The van der Waals surface area contributed by atoms with E-state index in [4.69, 9.17) is 11.6 Å². The Labute approximate surface area is 96.6 Å². The van der Waals surface area contributed by atoms with Crippen molar-refractivity contribution in [2.24, 2.45) is 0 Å². The fourth-order valence-corrected chi connectivity index (χ4v) is 2.72. The summed E-state index contributed by atoms with van der Waals surface area (Å²) in [4.78, 5) is 0. The topological polar surface area (TPSA) is 17.8 Å². The van der Waals surface area contributed by atoms with Gasteiger partial charge in [-0.05, 0) is 19.8 Å². The van der Waals surface area contributed by atoms with Gasteiger partial charge in [0.1, 0.15) is 0 Å².